The molecular formula is C66H70N2. The number of rotatable bonds is 6. The lowest BCUT2D eigenvalue weighted by Gasteiger charge is -2.32. The van der Waals surface area contributed by atoms with Crippen molar-refractivity contribution in [3.05, 3.63) is 177 Å². The molecule has 0 unspecified atom stereocenters. The summed E-state index contributed by atoms with van der Waals surface area (Å²) in [6, 6.07) is 51.3. The quantitative estimate of drug-likeness (QED) is 0.154. The molecule has 0 fully saturated rings. The van der Waals surface area contributed by atoms with E-state index < -0.39 is 0 Å². The van der Waals surface area contributed by atoms with Crippen molar-refractivity contribution in [1.29, 1.82) is 0 Å². The Labute approximate surface area is 406 Å². The molecule has 0 bridgehead atoms. The Balaban J connectivity index is 1.16. The predicted molar refractivity (Wildman–Crippen MR) is 292 cm³/mol. The highest BCUT2D eigenvalue weighted by molar-refractivity contribution is 6.24. The Morgan fingerprint density at radius 2 is 0.735 bits per heavy atom. The van der Waals surface area contributed by atoms with Crippen LogP contribution in [0.4, 0.5) is 34.1 Å². The minimum atomic E-state index is -0.0302. The lowest BCUT2D eigenvalue weighted by molar-refractivity contribution is 0.522. The van der Waals surface area contributed by atoms with Gasteiger partial charge in [-0.1, -0.05) is 137 Å². The number of hydrogen-bond acceptors (Lipinski definition) is 2. The van der Waals surface area contributed by atoms with Crippen LogP contribution in [0.2, 0.25) is 0 Å². The number of aryl methyl sites for hydroxylation is 4. The molecule has 8 aromatic rings. The van der Waals surface area contributed by atoms with E-state index in [9.17, 15) is 0 Å². The minimum absolute atomic E-state index is 0.0302. The molecule has 0 aromatic heterocycles. The van der Waals surface area contributed by atoms with E-state index in [0.717, 1.165) is 25.7 Å². The fourth-order valence-corrected chi connectivity index (χ4v) is 13.3. The summed E-state index contributed by atoms with van der Waals surface area (Å²) in [5.41, 5.74) is 21.4. The SMILES string of the molecule is CC(C)(C)c1ccc2c(c1)c(N(c1ccc3c(c1)CCC3(C)C)c1ccc3c(c1)C(C)(C)CC3)cc1c3ccccc3c(N(c3ccc4c(c3)CCC4(C)C)c3ccc4c(c3)CCC4(C)C)cc21. The van der Waals surface area contributed by atoms with E-state index in [1.165, 1.54) is 142 Å². The van der Waals surface area contributed by atoms with Gasteiger partial charge in [0.05, 0.1) is 11.4 Å². The molecule has 344 valence electrons. The molecule has 0 amide bonds. The average molecular weight is 891 g/mol. The number of anilines is 6. The lowest BCUT2D eigenvalue weighted by atomic mass is 9.84. The summed E-state index contributed by atoms with van der Waals surface area (Å²) in [7, 11) is 0. The van der Waals surface area contributed by atoms with Crippen LogP contribution in [0.25, 0.3) is 32.3 Å². The molecule has 0 heterocycles. The van der Waals surface area contributed by atoms with Crippen LogP contribution in [-0.2, 0) is 52.8 Å². The third kappa shape index (κ3) is 6.78. The molecule has 68 heavy (non-hydrogen) atoms. The minimum Gasteiger partial charge on any atom is -0.310 e. The Bertz CT molecular complexity index is 3340. The first kappa shape index (κ1) is 43.4. The zero-order valence-electron chi connectivity index (χ0n) is 42.7. The van der Waals surface area contributed by atoms with Crippen LogP contribution in [0, 0.1) is 0 Å². The van der Waals surface area contributed by atoms with Crippen molar-refractivity contribution in [2.45, 2.75) is 155 Å². The van der Waals surface area contributed by atoms with Crippen LogP contribution in [0.3, 0.4) is 0 Å². The van der Waals surface area contributed by atoms with Gasteiger partial charge in [-0.2, -0.15) is 0 Å². The summed E-state index contributed by atoms with van der Waals surface area (Å²) in [5, 5.41) is 7.71. The fraction of sp³-hybridized carbons (Fsp3) is 0.364. The van der Waals surface area contributed by atoms with Crippen molar-refractivity contribution < 1.29 is 0 Å². The lowest BCUT2D eigenvalue weighted by Crippen LogP contribution is -2.16. The largest absolute Gasteiger partial charge is 0.310 e. The smallest absolute Gasteiger partial charge is 0.0546 e. The Morgan fingerprint density at radius 3 is 1.22 bits per heavy atom. The monoisotopic (exact) mass is 891 g/mol. The number of nitrogens with zero attached hydrogens (tertiary/aromatic N) is 2. The van der Waals surface area contributed by atoms with Crippen molar-refractivity contribution in [2.75, 3.05) is 9.80 Å². The Morgan fingerprint density at radius 1 is 0.338 bits per heavy atom. The Hall–Kier alpha value is -5.86. The number of hydrogen-bond donors (Lipinski definition) is 0. The Kier molecular flexibility index (Phi) is 9.47. The zero-order valence-corrected chi connectivity index (χ0v) is 42.7. The highest BCUT2D eigenvalue weighted by atomic mass is 15.2. The normalized spacial score (nSPS) is 18.2. The summed E-state index contributed by atoms with van der Waals surface area (Å²) in [6.07, 6.45) is 9.23. The summed E-state index contributed by atoms with van der Waals surface area (Å²) in [4.78, 5) is 5.23. The first-order valence-corrected chi connectivity index (χ1v) is 25.8. The van der Waals surface area contributed by atoms with Gasteiger partial charge in [0.25, 0.3) is 0 Å². The number of benzene rings is 8. The van der Waals surface area contributed by atoms with Crippen LogP contribution in [0.1, 0.15) is 152 Å². The van der Waals surface area contributed by atoms with E-state index in [0.29, 0.717) is 0 Å². The molecule has 4 aliphatic carbocycles. The van der Waals surface area contributed by atoms with Crippen molar-refractivity contribution in [3.63, 3.8) is 0 Å². The van der Waals surface area contributed by atoms with Crippen molar-refractivity contribution in [2.24, 2.45) is 0 Å². The van der Waals surface area contributed by atoms with Gasteiger partial charge >= 0.3 is 0 Å². The molecule has 0 aliphatic heterocycles. The standard InChI is InChI=1S/C66H70N2/c1-62(2,3)45-17-22-51-54-39-60(67(46-19-23-56-42(34-46)27-31-63(56,4)5)47-20-24-57-43(35-47)28-32-64(57,6)7)52-15-13-12-14-50(52)53(54)40-61(55(51)37-45)68(48-21-25-58-44(36-48)29-33-65(58,8)9)49-18-16-41-26-30-66(10,11)59(41)38-49/h12-25,34-40H,26-33H2,1-11H3. The first-order chi connectivity index (χ1) is 32.3. The van der Waals surface area contributed by atoms with E-state index in [1.807, 2.05) is 0 Å². The maximum Gasteiger partial charge on any atom is 0.0546 e. The number of fused-ring (bicyclic) bond motifs is 9. The van der Waals surface area contributed by atoms with Gasteiger partial charge in [-0.15, -0.1) is 0 Å². The van der Waals surface area contributed by atoms with Gasteiger partial charge in [-0.05, 0) is 217 Å². The summed E-state index contributed by atoms with van der Waals surface area (Å²) in [6.45, 7) is 26.4. The summed E-state index contributed by atoms with van der Waals surface area (Å²) < 4.78 is 0. The molecule has 4 aliphatic rings. The third-order valence-electron chi connectivity index (χ3n) is 17.7. The zero-order chi connectivity index (χ0) is 47.3. The highest BCUT2D eigenvalue weighted by Crippen LogP contribution is 2.52. The fourth-order valence-electron chi connectivity index (χ4n) is 13.3. The van der Waals surface area contributed by atoms with Gasteiger partial charge in [-0.25, -0.2) is 0 Å². The maximum absolute atomic E-state index is 2.63. The molecule has 2 heteroatoms. The second kappa shape index (κ2) is 14.8. The van der Waals surface area contributed by atoms with Gasteiger partial charge in [0.1, 0.15) is 0 Å². The second-order valence-corrected chi connectivity index (χ2v) is 25.0. The third-order valence-corrected chi connectivity index (χ3v) is 17.7. The molecule has 0 saturated carbocycles. The molecule has 12 rings (SSSR count). The molecule has 0 spiro atoms. The van der Waals surface area contributed by atoms with Crippen molar-refractivity contribution in [1.82, 2.24) is 0 Å². The molecule has 0 N–H and O–H groups in total. The van der Waals surface area contributed by atoms with Gasteiger partial charge in [-0.3, -0.25) is 0 Å². The molecule has 0 atom stereocenters. The van der Waals surface area contributed by atoms with Gasteiger partial charge in [0, 0.05) is 33.5 Å². The molecule has 0 saturated heterocycles. The highest BCUT2D eigenvalue weighted by Gasteiger charge is 2.35. The van der Waals surface area contributed by atoms with Gasteiger partial charge < -0.3 is 9.80 Å². The topological polar surface area (TPSA) is 6.48 Å². The van der Waals surface area contributed by atoms with E-state index in [4.69, 9.17) is 0 Å². The molecule has 2 nitrogen and oxygen atoms in total. The van der Waals surface area contributed by atoms with E-state index in [-0.39, 0.29) is 27.1 Å². The second-order valence-electron chi connectivity index (χ2n) is 25.0. The predicted octanol–water partition coefficient (Wildman–Crippen LogP) is 18.3. The summed E-state index contributed by atoms with van der Waals surface area (Å²) >= 11 is 0. The van der Waals surface area contributed by atoms with E-state index in [2.05, 4.69) is 213 Å². The van der Waals surface area contributed by atoms with E-state index >= 15 is 0 Å². The molecular weight excluding hydrogens is 821 g/mol. The van der Waals surface area contributed by atoms with Crippen LogP contribution >= 0.6 is 0 Å². The van der Waals surface area contributed by atoms with Crippen LogP contribution in [-0.4, -0.2) is 0 Å². The van der Waals surface area contributed by atoms with Gasteiger partial charge in [0.15, 0.2) is 0 Å². The summed E-state index contributed by atoms with van der Waals surface area (Å²) in [5.74, 6) is 0. The maximum atomic E-state index is 2.63. The van der Waals surface area contributed by atoms with Crippen molar-refractivity contribution >= 4 is 66.4 Å². The van der Waals surface area contributed by atoms with Crippen molar-refractivity contribution in [3.8, 4) is 0 Å². The van der Waals surface area contributed by atoms with E-state index in [1.54, 1.807) is 0 Å². The van der Waals surface area contributed by atoms with Crippen LogP contribution in [0.15, 0.2) is 127 Å². The van der Waals surface area contributed by atoms with Crippen LogP contribution < -0.4 is 9.80 Å². The molecule has 8 aromatic carbocycles. The molecule has 0 radical (unpaired) electrons. The first-order valence-electron chi connectivity index (χ1n) is 25.8. The van der Waals surface area contributed by atoms with Crippen LogP contribution in [0.5, 0.6) is 0 Å². The average Bonchev–Trinajstić information content (AvgIpc) is 4.00. The van der Waals surface area contributed by atoms with Gasteiger partial charge in [0.2, 0.25) is 0 Å².